The summed E-state index contributed by atoms with van der Waals surface area (Å²) in [6.07, 6.45) is 0.823. The average Bonchev–Trinajstić information content (AvgIpc) is 2.86. The number of hydrogen-bond donors (Lipinski definition) is 0. The Morgan fingerprint density at radius 1 is 0.806 bits per heavy atom. The molecule has 4 rings (SSSR count). The third kappa shape index (κ3) is 5.77. The first kappa shape index (κ1) is 25.0. The molecule has 0 saturated carbocycles. The summed E-state index contributed by atoms with van der Waals surface area (Å²) in [7, 11) is 0. The summed E-state index contributed by atoms with van der Waals surface area (Å²) in [6.45, 7) is 4.10. The topological polar surface area (TPSA) is 35.5 Å². The van der Waals surface area contributed by atoms with Gasteiger partial charge >= 0.3 is 5.97 Å². The van der Waals surface area contributed by atoms with Crippen molar-refractivity contribution >= 4 is 5.97 Å². The molecule has 0 aliphatic rings. The van der Waals surface area contributed by atoms with E-state index in [-0.39, 0.29) is 23.7 Å². The van der Waals surface area contributed by atoms with Gasteiger partial charge in [0.1, 0.15) is 22.9 Å². The molecule has 0 N–H and O–H groups in total. The standard InChI is InChI=1S/C30H25F3O3/c1-3-35-28-14-13-24(18-25(28)31)36-30(34)29-26(32)16-23(17-27(29)33)22-11-9-20(10-12-22)15-19(2)21-7-5-4-6-8-21/h4-14,16-19H,3,15H2,1-2H3/t19-/m0/s1. The van der Waals surface area contributed by atoms with Crippen LogP contribution in [0.25, 0.3) is 11.1 Å². The van der Waals surface area contributed by atoms with E-state index in [9.17, 15) is 18.0 Å². The lowest BCUT2D eigenvalue weighted by molar-refractivity contribution is 0.0724. The fourth-order valence-electron chi connectivity index (χ4n) is 4.00. The molecule has 0 unspecified atom stereocenters. The minimum atomic E-state index is -1.26. The van der Waals surface area contributed by atoms with Crippen LogP contribution in [-0.4, -0.2) is 12.6 Å². The molecule has 0 spiro atoms. The predicted octanol–water partition coefficient (Wildman–Crippen LogP) is 7.74. The first-order valence-corrected chi connectivity index (χ1v) is 11.6. The number of rotatable bonds is 8. The molecule has 36 heavy (non-hydrogen) atoms. The Labute approximate surface area is 208 Å². The Balaban J connectivity index is 1.48. The molecule has 0 fully saturated rings. The number of carbonyl (C=O) groups is 1. The van der Waals surface area contributed by atoms with Crippen LogP contribution in [0, 0.1) is 17.5 Å². The molecule has 0 aliphatic carbocycles. The van der Waals surface area contributed by atoms with Crippen LogP contribution in [0.4, 0.5) is 13.2 Å². The van der Waals surface area contributed by atoms with Crippen molar-refractivity contribution in [3.8, 4) is 22.6 Å². The van der Waals surface area contributed by atoms with E-state index in [1.165, 1.54) is 17.7 Å². The van der Waals surface area contributed by atoms with Gasteiger partial charge in [-0.3, -0.25) is 0 Å². The van der Waals surface area contributed by atoms with Gasteiger partial charge in [-0.2, -0.15) is 0 Å². The molecule has 0 heterocycles. The molecule has 0 aromatic heterocycles. The Morgan fingerprint density at radius 2 is 1.47 bits per heavy atom. The summed E-state index contributed by atoms with van der Waals surface area (Å²) < 4.78 is 53.7. The predicted molar refractivity (Wildman–Crippen MR) is 133 cm³/mol. The van der Waals surface area contributed by atoms with Crippen molar-refractivity contribution in [3.63, 3.8) is 0 Å². The highest BCUT2D eigenvalue weighted by atomic mass is 19.1. The van der Waals surface area contributed by atoms with Gasteiger partial charge in [0.25, 0.3) is 0 Å². The first-order valence-electron chi connectivity index (χ1n) is 11.6. The van der Waals surface area contributed by atoms with E-state index < -0.39 is 29.0 Å². The number of esters is 1. The number of halogens is 3. The number of carbonyl (C=O) groups excluding carboxylic acids is 1. The molecule has 0 saturated heterocycles. The van der Waals surface area contributed by atoms with Crippen molar-refractivity contribution in [2.75, 3.05) is 6.61 Å². The van der Waals surface area contributed by atoms with Crippen LogP contribution in [0.3, 0.4) is 0 Å². The van der Waals surface area contributed by atoms with Crippen LogP contribution >= 0.6 is 0 Å². The normalized spacial score (nSPS) is 11.7. The zero-order chi connectivity index (χ0) is 25.7. The Kier molecular flexibility index (Phi) is 7.74. The lowest BCUT2D eigenvalue weighted by atomic mass is 9.93. The van der Waals surface area contributed by atoms with Gasteiger partial charge in [0, 0.05) is 6.07 Å². The second-order valence-electron chi connectivity index (χ2n) is 8.44. The van der Waals surface area contributed by atoms with Crippen molar-refractivity contribution in [2.24, 2.45) is 0 Å². The van der Waals surface area contributed by atoms with Crippen molar-refractivity contribution in [1.29, 1.82) is 0 Å². The lowest BCUT2D eigenvalue weighted by Crippen LogP contribution is -2.13. The highest BCUT2D eigenvalue weighted by Crippen LogP contribution is 2.28. The molecule has 0 amide bonds. The van der Waals surface area contributed by atoms with Gasteiger partial charge in [-0.1, -0.05) is 61.5 Å². The third-order valence-electron chi connectivity index (χ3n) is 5.86. The van der Waals surface area contributed by atoms with Crippen molar-refractivity contribution in [2.45, 2.75) is 26.2 Å². The van der Waals surface area contributed by atoms with Crippen LogP contribution in [0.1, 0.15) is 41.3 Å². The second kappa shape index (κ2) is 11.1. The van der Waals surface area contributed by atoms with Crippen LogP contribution in [0.2, 0.25) is 0 Å². The van der Waals surface area contributed by atoms with Crippen molar-refractivity contribution in [3.05, 3.63) is 119 Å². The number of hydrogen-bond acceptors (Lipinski definition) is 3. The van der Waals surface area contributed by atoms with Crippen LogP contribution < -0.4 is 9.47 Å². The highest BCUT2D eigenvalue weighted by molar-refractivity contribution is 5.92. The second-order valence-corrected chi connectivity index (χ2v) is 8.44. The summed E-state index contributed by atoms with van der Waals surface area (Å²) >= 11 is 0. The van der Waals surface area contributed by atoms with Gasteiger partial charge in [-0.15, -0.1) is 0 Å². The van der Waals surface area contributed by atoms with Gasteiger partial charge in [0.15, 0.2) is 11.6 Å². The zero-order valence-electron chi connectivity index (χ0n) is 19.9. The van der Waals surface area contributed by atoms with E-state index in [1.54, 1.807) is 19.1 Å². The van der Waals surface area contributed by atoms with Gasteiger partial charge in [-0.05, 0) is 65.8 Å². The van der Waals surface area contributed by atoms with E-state index in [1.807, 2.05) is 30.3 Å². The van der Waals surface area contributed by atoms with Crippen molar-refractivity contribution in [1.82, 2.24) is 0 Å². The molecule has 4 aromatic rings. The molecule has 0 bridgehead atoms. The van der Waals surface area contributed by atoms with E-state index in [2.05, 4.69) is 19.1 Å². The fraction of sp³-hybridized carbons (Fsp3) is 0.167. The molecular weight excluding hydrogens is 465 g/mol. The molecule has 3 nitrogen and oxygen atoms in total. The van der Waals surface area contributed by atoms with Crippen molar-refractivity contribution < 1.29 is 27.4 Å². The molecule has 184 valence electrons. The van der Waals surface area contributed by atoms with E-state index in [0.717, 1.165) is 30.2 Å². The smallest absolute Gasteiger partial charge is 0.349 e. The Morgan fingerprint density at radius 3 is 2.08 bits per heavy atom. The summed E-state index contributed by atoms with van der Waals surface area (Å²) in [6, 6.07) is 23.3. The molecule has 0 radical (unpaired) electrons. The maximum absolute atomic E-state index is 14.8. The van der Waals surface area contributed by atoms with E-state index in [4.69, 9.17) is 9.47 Å². The minimum absolute atomic E-state index is 0.0143. The SMILES string of the molecule is CCOc1ccc(OC(=O)c2c(F)cc(-c3ccc(C[C@H](C)c4ccccc4)cc3)cc2F)cc1F. The molecular formula is C30H25F3O3. The number of benzene rings is 4. The summed E-state index contributed by atoms with van der Waals surface area (Å²) in [5.41, 5.74) is 2.38. The molecule has 6 heteroatoms. The molecule has 1 atom stereocenters. The monoisotopic (exact) mass is 490 g/mol. The maximum Gasteiger partial charge on any atom is 0.349 e. The van der Waals surface area contributed by atoms with Crippen LogP contribution in [-0.2, 0) is 6.42 Å². The summed E-state index contributed by atoms with van der Waals surface area (Å²) in [5, 5.41) is 0. The summed E-state index contributed by atoms with van der Waals surface area (Å²) in [5.74, 6) is -4.03. The van der Waals surface area contributed by atoms with Crippen LogP contribution in [0.15, 0.2) is 84.9 Å². The van der Waals surface area contributed by atoms with Gasteiger partial charge in [0.2, 0.25) is 0 Å². The van der Waals surface area contributed by atoms with Gasteiger partial charge in [0.05, 0.1) is 6.61 Å². The first-order chi connectivity index (χ1) is 17.4. The van der Waals surface area contributed by atoms with Gasteiger partial charge in [-0.25, -0.2) is 18.0 Å². The van der Waals surface area contributed by atoms with E-state index >= 15 is 0 Å². The Hall–Kier alpha value is -4.06. The van der Waals surface area contributed by atoms with E-state index in [0.29, 0.717) is 11.5 Å². The zero-order valence-corrected chi connectivity index (χ0v) is 19.9. The quantitative estimate of drug-likeness (QED) is 0.187. The minimum Gasteiger partial charge on any atom is -0.491 e. The summed E-state index contributed by atoms with van der Waals surface area (Å²) in [4.78, 5) is 12.4. The Bertz CT molecular complexity index is 1330. The maximum atomic E-state index is 14.8. The third-order valence-corrected chi connectivity index (χ3v) is 5.86. The van der Waals surface area contributed by atoms with Gasteiger partial charge < -0.3 is 9.47 Å². The largest absolute Gasteiger partial charge is 0.491 e. The number of ether oxygens (including phenoxy) is 2. The molecule has 0 aliphatic heterocycles. The lowest BCUT2D eigenvalue weighted by Gasteiger charge is -2.13. The highest BCUT2D eigenvalue weighted by Gasteiger charge is 2.22. The van der Waals surface area contributed by atoms with Crippen LogP contribution in [0.5, 0.6) is 11.5 Å². The fourth-order valence-corrected chi connectivity index (χ4v) is 4.00. The average molecular weight is 491 g/mol. The molecule has 4 aromatic carbocycles.